The van der Waals surface area contributed by atoms with E-state index in [-0.39, 0.29) is 5.91 Å². The molecule has 1 amide bonds. The molecule has 3 heteroatoms. The maximum absolute atomic E-state index is 11.9. The fourth-order valence-electron chi connectivity index (χ4n) is 1.82. The van der Waals surface area contributed by atoms with Crippen LogP contribution in [0.25, 0.3) is 0 Å². The van der Waals surface area contributed by atoms with Crippen molar-refractivity contribution in [1.82, 2.24) is 4.98 Å². The molecule has 0 saturated heterocycles. The molecule has 0 radical (unpaired) electrons. The van der Waals surface area contributed by atoms with Gasteiger partial charge in [-0.3, -0.25) is 9.78 Å². The van der Waals surface area contributed by atoms with Crippen LogP contribution in [0, 0.1) is 6.92 Å². The highest BCUT2D eigenvalue weighted by molar-refractivity contribution is 5.92. The maximum atomic E-state index is 11.9. The zero-order valence-corrected chi connectivity index (χ0v) is 11.3. The Bertz CT molecular complexity index is 544. The predicted molar refractivity (Wildman–Crippen MR) is 77.1 cm³/mol. The van der Waals surface area contributed by atoms with Crippen molar-refractivity contribution in [3.63, 3.8) is 0 Å². The number of amides is 1. The SMILES string of the molecule is CCc1ccc(NC(=O)Cc2ccc(C)nc2)cc1. The van der Waals surface area contributed by atoms with Crippen LogP contribution in [0.4, 0.5) is 5.69 Å². The molecule has 0 fully saturated rings. The van der Waals surface area contributed by atoms with E-state index in [0.29, 0.717) is 6.42 Å². The van der Waals surface area contributed by atoms with E-state index in [2.05, 4.69) is 17.2 Å². The van der Waals surface area contributed by atoms with Crippen molar-refractivity contribution >= 4 is 11.6 Å². The lowest BCUT2D eigenvalue weighted by atomic mass is 10.1. The van der Waals surface area contributed by atoms with E-state index < -0.39 is 0 Å². The van der Waals surface area contributed by atoms with E-state index >= 15 is 0 Å². The summed E-state index contributed by atoms with van der Waals surface area (Å²) in [6, 6.07) is 11.8. The van der Waals surface area contributed by atoms with Gasteiger partial charge < -0.3 is 5.32 Å². The Balaban J connectivity index is 1.95. The molecule has 0 aliphatic rings. The number of aromatic nitrogens is 1. The van der Waals surface area contributed by atoms with Crippen LogP contribution < -0.4 is 5.32 Å². The molecular weight excluding hydrogens is 236 g/mol. The third kappa shape index (κ3) is 3.91. The summed E-state index contributed by atoms with van der Waals surface area (Å²) in [6.07, 6.45) is 3.10. The number of anilines is 1. The highest BCUT2D eigenvalue weighted by Crippen LogP contribution is 2.10. The molecule has 0 aliphatic carbocycles. The largest absolute Gasteiger partial charge is 0.326 e. The molecule has 0 atom stereocenters. The molecule has 1 aromatic heterocycles. The van der Waals surface area contributed by atoms with Gasteiger partial charge in [0.25, 0.3) is 0 Å². The highest BCUT2D eigenvalue weighted by atomic mass is 16.1. The van der Waals surface area contributed by atoms with E-state index in [0.717, 1.165) is 23.4 Å². The Morgan fingerprint density at radius 1 is 1.11 bits per heavy atom. The van der Waals surface area contributed by atoms with Crippen molar-refractivity contribution < 1.29 is 4.79 Å². The number of nitrogens with one attached hydrogen (secondary N) is 1. The summed E-state index contributed by atoms with van der Waals surface area (Å²) >= 11 is 0. The first-order valence-electron chi connectivity index (χ1n) is 6.47. The van der Waals surface area contributed by atoms with Gasteiger partial charge >= 0.3 is 0 Å². The molecule has 1 aromatic carbocycles. The fourth-order valence-corrected chi connectivity index (χ4v) is 1.82. The molecule has 0 bridgehead atoms. The Morgan fingerprint density at radius 2 is 1.79 bits per heavy atom. The first-order chi connectivity index (χ1) is 9.17. The molecule has 0 spiro atoms. The van der Waals surface area contributed by atoms with Crippen LogP contribution in [0.15, 0.2) is 42.6 Å². The maximum Gasteiger partial charge on any atom is 0.228 e. The van der Waals surface area contributed by atoms with E-state index in [9.17, 15) is 4.79 Å². The summed E-state index contributed by atoms with van der Waals surface area (Å²) in [5.41, 5.74) is 3.98. The topological polar surface area (TPSA) is 42.0 Å². The van der Waals surface area contributed by atoms with Gasteiger partial charge in [-0.25, -0.2) is 0 Å². The summed E-state index contributed by atoms with van der Waals surface area (Å²) in [6.45, 7) is 4.04. The minimum atomic E-state index is -0.0186. The number of hydrogen-bond acceptors (Lipinski definition) is 2. The van der Waals surface area contributed by atoms with Crippen LogP contribution in [-0.4, -0.2) is 10.9 Å². The van der Waals surface area contributed by atoms with Gasteiger partial charge in [-0.2, -0.15) is 0 Å². The van der Waals surface area contributed by atoms with Crippen molar-refractivity contribution in [2.45, 2.75) is 26.7 Å². The first-order valence-corrected chi connectivity index (χ1v) is 6.47. The molecule has 0 saturated carbocycles. The first kappa shape index (κ1) is 13.3. The molecule has 98 valence electrons. The molecule has 2 rings (SSSR count). The van der Waals surface area contributed by atoms with E-state index in [1.165, 1.54) is 5.56 Å². The number of rotatable bonds is 4. The number of pyridine rings is 1. The van der Waals surface area contributed by atoms with Crippen LogP contribution in [0.5, 0.6) is 0 Å². The van der Waals surface area contributed by atoms with Gasteiger partial charge in [0.2, 0.25) is 5.91 Å². The van der Waals surface area contributed by atoms with Crippen LogP contribution >= 0.6 is 0 Å². The van der Waals surface area contributed by atoms with Crippen molar-refractivity contribution in [2.75, 3.05) is 5.32 Å². The van der Waals surface area contributed by atoms with Crippen LogP contribution in [0.1, 0.15) is 23.7 Å². The van der Waals surface area contributed by atoms with Gasteiger partial charge in [-0.15, -0.1) is 0 Å². The summed E-state index contributed by atoms with van der Waals surface area (Å²) < 4.78 is 0. The molecular formula is C16H18N2O. The normalized spacial score (nSPS) is 10.2. The summed E-state index contributed by atoms with van der Waals surface area (Å²) in [5.74, 6) is -0.0186. The molecule has 19 heavy (non-hydrogen) atoms. The second-order valence-corrected chi connectivity index (χ2v) is 4.58. The predicted octanol–water partition coefficient (Wildman–Crippen LogP) is 3.13. The van der Waals surface area contributed by atoms with Gasteiger partial charge in [-0.05, 0) is 42.7 Å². The Hall–Kier alpha value is -2.16. The van der Waals surface area contributed by atoms with E-state index in [1.807, 2.05) is 43.3 Å². The number of carbonyl (C=O) groups excluding carboxylic acids is 1. The third-order valence-corrected chi connectivity index (χ3v) is 2.98. The molecule has 0 unspecified atom stereocenters. The summed E-state index contributed by atoms with van der Waals surface area (Å²) in [7, 11) is 0. The molecule has 3 nitrogen and oxygen atoms in total. The number of benzene rings is 1. The lowest BCUT2D eigenvalue weighted by molar-refractivity contribution is -0.115. The van der Waals surface area contributed by atoms with Crippen molar-refractivity contribution in [3.8, 4) is 0 Å². The average Bonchev–Trinajstić information content (AvgIpc) is 2.42. The number of aryl methyl sites for hydroxylation is 2. The Kier molecular flexibility index (Phi) is 4.29. The molecule has 2 aromatic rings. The Morgan fingerprint density at radius 3 is 2.37 bits per heavy atom. The third-order valence-electron chi connectivity index (χ3n) is 2.98. The second-order valence-electron chi connectivity index (χ2n) is 4.58. The average molecular weight is 254 g/mol. The monoisotopic (exact) mass is 254 g/mol. The van der Waals surface area contributed by atoms with Crippen molar-refractivity contribution in [3.05, 3.63) is 59.4 Å². The zero-order chi connectivity index (χ0) is 13.7. The molecule has 1 N–H and O–H groups in total. The van der Waals surface area contributed by atoms with Gasteiger partial charge in [0.15, 0.2) is 0 Å². The van der Waals surface area contributed by atoms with E-state index in [1.54, 1.807) is 6.20 Å². The summed E-state index contributed by atoms with van der Waals surface area (Å²) in [4.78, 5) is 16.1. The van der Waals surface area contributed by atoms with Crippen molar-refractivity contribution in [1.29, 1.82) is 0 Å². The fraction of sp³-hybridized carbons (Fsp3) is 0.250. The minimum Gasteiger partial charge on any atom is -0.326 e. The molecule has 0 aliphatic heterocycles. The molecule has 1 heterocycles. The van der Waals surface area contributed by atoms with E-state index in [4.69, 9.17) is 0 Å². The number of hydrogen-bond donors (Lipinski definition) is 1. The smallest absolute Gasteiger partial charge is 0.228 e. The highest BCUT2D eigenvalue weighted by Gasteiger charge is 2.04. The van der Waals surface area contributed by atoms with Gasteiger partial charge in [0.05, 0.1) is 6.42 Å². The quantitative estimate of drug-likeness (QED) is 0.910. The number of nitrogens with zero attached hydrogens (tertiary/aromatic N) is 1. The zero-order valence-electron chi connectivity index (χ0n) is 11.3. The Labute approximate surface area is 113 Å². The lowest BCUT2D eigenvalue weighted by Gasteiger charge is -2.06. The standard InChI is InChI=1S/C16H18N2O/c1-3-13-6-8-15(9-7-13)18-16(19)10-14-5-4-12(2)17-11-14/h4-9,11H,3,10H2,1-2H3,(H,18,19). The van der Waals surface area contributed by atoms with Crippen LogP contribution in [0.3, 0.4) is 0 Å². The van der Waals surface area contributed by atoms with Crippen LogP contribution in [-0.2, 0) is 17.6 Å². The second kappa shape index (κ2) is 6.14. The van der Waals surface area contributed by atoms with Gasteiger partial charge in [0.1, 0.15) is 0 Å². The lowest BCUT2D eigenvalue weighted by Crippen LogP contribution is -2.14. The van der Waals surface area contributed by atoms with Crippen LogP contribution in [0.2, 0.25) is 0 Å². The van der Waals surface area contributed by atoms with Gasteiger partial charge in [0, 0.05) is 17.6 Å². The summed E-state index contributed by atoms with van der Waals surface area (Å²) in [5, 5.41) is 2.89. The van der Waals surface area contributed by atoms with Crippen molar-refractivity contribution in [2.24, 2.45) is 0 Å². The van der Waals surface area contributed by atoms with Gasteiger partial charge in [-0.1, -0.05) is 25.1 Å². The minimum absolute atomic E-state index is 0.0186. The number of carbonyl (C=O) groups is 1.